The maximum Gasteiger partial charge on any atom is 0.232 e. The largest absolute Gasteiger partial charge is 0.372 e. The third-order valence-corrected chi connectivity index (χ3v) is 5.47. The highest BCUT2D eigenvalue weighted by atomic mass is 32.2. The molecule has 1 aliphatic heterocycles. The molecule has 6 nitrogen and oxygen atoms in total. The zero-order valence-corrected chi connectivity index (χ0v) is 15.1. The zero-order valence-electron chi connectivity index (χ0n) is 14.3. The molecule has 2 aromatic rings. The van der Waals surface area contributed by atoms with E-state index in [0.717, 1.165) is 41.8 Å². The van der Waals surface area contributed by atoms with Crippen LogP contribution in [0.25, 0.3) is 11.0 Å². The van der Waals surface area contributed by atoms with Gasteiger partial charge in [0.1, 0.15) is 17.8 Å². The van der Waals surface area contributed by atoms with Crippen molar-refractivity contribution in [3.05, 3.63) is 18.6 Å². The maximum atomic E-state index is 11.6. The van der Waals surface area contributed by atoms with Crippen LogP contribution < -0.4 is 5.32 Å². The van der Waals surface area contributed by atoms with E-state index in [1.807, 2.05) is 25.6 Å². The minimum atomic E-state index is 0.349. The lowest BCUT2D eigenvalue weighted by Crippen LogP contribution is -2.30. The summed E-state index contributed by atoms with van der Waals surface area (Å²) in [6.07, 6.45) is 9.47. The van der Waals surface area contributed by atoms with Gasteiger partial charge < -0.3 is 15.2 Å². The van der Waals surface area contributed by atoms with Crippen LogP contribution in [-0.4, -0.2) is 57.9 Å². The van der Waals surface area contributed by atoms with Gasteiger partial charge in [-0.1, -0.05) is 6.42 Å². The van der Waals surface area contributed by atoms with Gasteiger partial charge in [-0.05, 0) is 37.0 Å². The molecule has 4 rings (SSSR count). The minimum Gasteiger partial charge on any atom is -0.372 e. The molecule has 0 radical (unpaired) electrons. The number of amides is 1. The second kappa shape index (κ2) is 7.88. The van der Waals surface area contributed by atoms with Gasteiger partial charge in [0.05, 0.1) is 11.1 Å². The van der Waals surface area contributed by atoms with Crippen molar-refractivity contribution in [1.29, 1.82) is 0 Å². The number of carbonyl (C=O) groups is 1. The molecule has 1 saturated carbocycles. The number of thioether (sulfide) groups is 1. The van der Waals surface area contributed by atoms with Crippen LogP contribution in [0.2, 0.25) is 0 Å². The molecular formula is C17H25N5OS. The number of nitrogens with one attached hydrogen (secondary N) is 2. The van der Waals surface area contributed by atoms with E-state index in [1.165, 1.54) is 25.6 Å². The summed E-state index contributed by atoms with van der Waals surface area (Å²) in [5.74, 6) is 3.55. The van der Waals surface area contributed by atoms with Crippen LogP contribution in [0.5, 0.6) is 0 Å². The molecule has 2 aromatic heterocycles. The number of aromatic amines is 1. The average molecular weight is 347 g/mol. The van der Waals surface area contributed by atoms with E-state index in [1.54, 1.807) is 11.8 Å². The standard InChI is InChI=1S/C10H17NOS.C7H8N4/c1-13-7-10(12)11-5-8-3-2-4-9(8)6-11;1-8-6-5-2-3-9-7(5)11-4-10-6/h8-9H,2-7H2,1H3;2-4H,1H3,(H2,8,9,10,11). The fourth-order valence-electron chi connectivity index (χ4n) is 3.73. The normalized spacial score (nSPS) is 22.2. The molecular weight excluding hydrogens is 322 g/mol. The molecule has 0 bridgehead atoms. The first kappa shape index (κ1) is 17.1. The van der Waals surface area contributed by atoms with E-state index in [-0.39, 0.29) is 0 Å². The quantitative estimate of drug-likeness (QED) is 0.893. The third kappa shape index (κ3) is 3.66. The van der Waals surface area contributed by atoms with E-state index in [2.05, 4.69) is 25.2 Å². The smallest absolute Gasteiger partial charge is 0.232 e. The van der Waals surface area contributed by atoms with Crippen molar-refractivity contribution < 1.29 is 4.79 Å². The number of carbonyl (C=O) groups excluding carboxylic acids is 1. The molecule has 0 spiro atoms. The number of rotatable bonds is 3. The Kier molecular flexibility index (Phi) is 5.60. The van der Waals surface area contributed by atoms with Crippen LogP contribution in [0.4, 0.5) is 5.82 Å². The van der Waals surface area contributed by atoms with Gasteiger partial charge in [0.15, 0.2) is 0 Å². The number of anilines is 1. The van der Waals surface area contributed by atoms with Crippen molar-refractivity contribution in [2.45, 2.75) is 19.3 Å². The molecule has 1 saturated heterocycles. The monoisotopic (exact) mass is 347 g/mol. The van der Waals surface area contributed by atoms with Crippen molar-refractivity contribution in [2.24, 2.45) is 11.8 Å². The molecule has 2 fully saturated rings. The molecule has 7 heteroatoms. The number of hydrogen-bond acceptors (Lipinski definition) is 5. The Bertz CT molecular complexity index is 676. The van der Waals surface area contributed by atoms with E-state index in [0.29, 0.717) is 11.7 Å². The summed E-state index contributed by atoms with van der Waals surface area (Å²) >= 11 is 1.63. The predicted octanol–water partition coefficient (Wildman–Crippen LogP) is 2.61. The minimum absolute atomic E-state index is 0.349. The van der Waals surface area contributed by atoms with Gasteiger partial charge in [-0.3, -0.25) is 4.79 Å². The van der Waals surface area contributed by atoms with Gasteiger partial charge in [-0.2, -0.15) is 11.8 Å². The summed E-state index contributed by atoms with van der Waals surface area (Å²) in [4.78, 5) is 24.8. The van der Waals surface area contributed by atoms with Crippen LogP contribution in [0.3, 0.4) is 0 Å². The molecule has 2 unspecified atom stereocenters. The van der Waals surface area contributed by atoms with Gasteiger partial charge in [0, 0.05) is 26.3 Å². The van der Waals surface area contributed by atoms with Gasteiger partial charge in [-0.15, -0.1) is 0 Å². The van der Waals surface area contributed by atoms with Gasteiger partial charge in [0.2, 0.25) is 5.91 Å². The van der Waals surface area contributed by atoms with Crippen LogP contribution in [0, 0.1) is 11.8 Å². The molecule has 1 aliphatic carbocycles. The van der Waals surface area contributed by atoms with Crippen LogP contribution >= 0.6 is 11.8 Å². The summed E-state index contributed by atoms with van der Waals surface area (Å²) in [6.45, 7) is 2.09. The number of fused-ring (bicyclic) bond motifs is 2. The van der Waals surface area contributed by atoms with Crippen LogP contribution in [0.1, 0.15) is 19.3 Å². The molecule has 2 atom stereocenters. The lowest BCUT2D eigenvalue weighted by molar-refractivity contribution is -0.127. The van der Waals surface area contributed by atoms with Gasteiger partial charge in [0.25, 0.3) is 0 Å². The van der Waals surface area contributed by atoms with Crippen molar-refractivity contribution in [3.8, 4) is 0 Å². The van der Waals surface area contributed by atoms with Crippen LogP contribution in [-0.2, 0) is 4.79 Å². The van der Waals surface area contributed by atoms with Crippen molar-refractivity contribution in [1.82, 2.24) is 19.9 Å². The van der Waals surface area contributed by atoms with Crippen molar-refractivity contribution >= 4 is 34.5 Å². The lowest BCUT2D eigenvalue weighted by Gasteiger charge is -2.16. The second-order valence-corrected chi connectivity index (χ2v) is 7.26. The molecule has 2 N–H and O–H groups in total. The molecule has 3 heterocycles. The topological polar surface area (TPSA) is 73.9 Å². The Morgan fingerprint density at radius 1 is 1.38 bits per heavy atom. The Morgan fingerprint density at radius 2 is 2.12 bits per heavy atom. The fraction of sp³-hybridized carbons (Fsp3) is 0.588. The second-order valence-electron chi connectivity index (χ2n) is 6.40. The number of nitrogens with zero attached hydrogens (tertiary/aromatic N) is 3. The SMILES string of the molecule is CNc1ncnc2[nH]ccc12.CSCC(=O)N1CC2CCCC2C1. The zero-order chi connectivity index (χ0) is 16.9. The highest BCUT2D eigenvalue weighted by Gasteiger charge is 2.37. The first-order valence-electron chi connectivity index (χ1n) is 8.45. The first-order chi connectivity index (χ1) is 11.7. The molecule has 2 aliphatic rings. The van der Waals surface area contributed by atoms with Crippen molar-refractivity contribution in [2.75, 3.05) is 37.5 Å². The lowest BCUT2D eigenvalue weighted by atomic mass is 10.0. The van der Waals surface area contributed by atoms with E-state index in [9.17, 15) is 4.79 Å². The van der Waals surface area contributed by atoms with Gasteiger partial charge in [-0.25, -0.2) is 9.97 Å². The maximum absolute atomic E-state index is 11.6. The van der Waals surface area contributed by atoms with Crippen molar-refractivity contribution in [3.63, 3.8) is 0 Å². The van der Waals surface area contributed by atoms with E-state index < -0.39 is 0 Å². The first-order valence-corrected chi connectivity index (χ1v) is 9.85. The Labute approximate surface area is 146 Å². The summed E-state index contributed by atoms with van der Waals surface area (Å²) in [6, 6.07) is 1.95. The summed E-state index contributed by atoms with van der Waals surface area (Å²) < 4.78 is 0. The Balaban J connectivity index is 0.000000143. The Hall–Kier alpha value is -1.76. The number of likely N-dealkylation sites (tertiary alicyclic amines) is 1. The average Bonchev–Trinajstić information content (AvgIpc) is 3.30. The summed E-state index contributed by atoms with van der Waals surface area (Å²) in [5, 5.41) is 4.01. The summed E-state index contributed by atoms with van der Waals surface area (Å²) in [7, 11) is 1.84. The highest BCUT2D eigenvalue weighted by molar-refractivity contribution is 7.99. The number of H-pyrrole nitrogens is 1. The Morgan fingerprint density at radius 3 is 2.79 bits per heavy atom. The van der Waals surface area contributed by atoms with E-state index in [4.69, 9.17) is 0 Å². The molecule has 130 valence electrons. The van der Waals surface area contributed by atoms with Crippen LogP contribution in [0.15, 0.2) is 18.6 Å². The predicted molar refractivity (Wildman–Crippen MR) is 99.2 cm³/mol. The highest BCUT2D eigenvalue weighted by Crippen LogP contribution is 2.37. The number of hydrogen-bond donors (Lipinski definition) is 2. The molecule has 1 amide bonds. The fourth-order valence-corrected chi connectivity index (χ4v) is 4.15. The third-order valence-electron chi connectivity index (χ3n) is 4.94. The molecule has 24 heavy (non-hydrogen) atoms. The van der Waals surface area contributed by atoms with E-state index >= 15 is 0 Å². The van der Waals surface area contributed by atoms with Gasteiger partial charge >= 0.3 is 0 Å². The molecule has 0 aromatic carbocycles. The summed E-state index contributed by atoms with van der Waals surface area (Å²) in [5.41, 5.74) is 0.865. The number of aromatic nitrogens is 3.